The number of allylic oxidation sites excluding steroid dienone is 1. The zero-order valence-electron chi connectivity index (χ0n) is 12.7. The van der Waals surface area contributed by atoms with E-state index in [1.807, 2.05) is 31.1 Å². The average molecular weight is 311 g/mol. The van der Waals surface area contributed by atoms with Gasteiger partial charge in [0.2, 0.25) is 0 Å². The summed E-state index contributed by atoms with van der Waals surface area (Å²) >= 11 is 0. The van der Waals surface area contributed by atoms with Gasteiger partial charge in [0.1, 0.15) is 0 Å². The Labute approximate surface area is 133 Å². The van der Waals surface area contributed by atoms with Gasteiger partial charge in [0, 0.05) is 31.4 Å². The van der Waals surface area contributed by atoms with Crippen LogP contribution in [0.3, 0.4) is 0 Å². The van der Waals surface area contributed by atoms with Crippen LogP contribution in [0.25, 0.3) is 6.08 Å². The first-order chi connectivity index (χ1) is 10.9. The molecule has 0 saturated heterocycles. The molecule has 0 N–H and O–H groups in total. The molecule has 6 heteroatoms. The predicted octanol–water partition coefficient (Wildman–Crippen LogP) is 2.63. The van der Waals surface area contributed by atoms with Crippen molar-refractivity contribution in [3.8, 4) is 5.75 Å². The number of carbonyl (C=O) groups is 1. The van der Waals surface area contributed by atoms with Crippen LogP contribution in [0.1, 0.15) is 15.9 Å². The van der Waals surface area contributed by atoms with Crippen LogP contribution >= 0.6 is 0 Å². The maximum Gasteiger partial charge on any atom is 0.262 e. The Kier molecular flexibility index (Phi) is 4.75. The van der Waals surface area contributed by atoms with Crippen LogP contribution in [0.4, 0.5) is 11.4 Å². The number of nitro groups is 1. The summed E-state index contributed by atoms with van der Waals surface area (Å²) in [6.45, 7) is 0. The lowest BCUT2D eigenvalue weighted by Gasteiger charge is -2.11. The summed E-state index contributed by atoms with van der Waals surface area (Å²) in [4.78, 5) is 24.0. The van der Waals surface area contributed by atoms with E-state index in [9.17, 15) is 20.0 Å². The highest BCUT2D eigenvalue weighted by atomic mass is 16.6. The third-order valence-electron chi connectivity index (χ3n) is 3.28. The van der Waals surface area contributed by atoms with Crippen molar-refractivity contribution in [3.05, 3.63) is 69.8 Å². The van der Waals surface area contributed by atoms with Crippen LogP contribution in [0.2, 0.25) is 0 Å². The molecular weight excluding hydrogens is 296 g/mol. The number of benzene rings is 2. The van der Waals surface area contributed by atoms with Crippen LogP contribution in [0.5, 0.6) is 5.75 Å². The van der Waals surface area contributed by atoms with Gasteiger partial charge in [-0.05, 0) is 41.7 Å². The fourth-order valence-electron chi connectivity index (χ4n) is 1.97. The Morgan fingerprint density at radius 3 is 2.35 bits per heavy atom. The second-order valence-electron chi connectivity index (χ2n) is 5.12. The molecule has 2 aromatic carbocycles. The number of nitrogens with zero attached hydrogens (tertiary/aromatic N) is 2. The zero-order valence-corrected chi connectivity index (χ0v) is 12.7. The van der Waals surface area contributed by atoms with Gasteiger partial charge in [-0.15, -0.1) is 0 Å². The van der Waals surface area contributed by atoms with E-state index < -0.39 is 16.4 Å². The van der Waals surface area contributed by atoms with Crippen molar-refractivity contribution < 1.29 is 14.8 Å². The molecule has 0 aliphatic heterocycles. The summed E-state index contributed by atoms with van der Waals surface area (Å²) < 4.78 is 0. The number of rotatable bonds is 5. The predicted molar refractivity (Wildman–Crippen MR) is 86.7 cm³/mol. The molecule has 0 atom stereocenters. The molecule has 0 radical (unpaired) electrons. The molecule has 2 rings (SSSR count). The van der Waals surface area contributed by atoms with Crippen LogP contribution in [0.15, 0.2) is 48.5 Å². The Bertz CT molecular complexity index is 765. The zero-order chi connectivity index (χ0) is 17.0. The fraction of sp³-hybridized carbons (Fsp3) is 0.118. The summed E-state index contributed by atoms with van der Waals surface area (Å²) in [6, 6.07) is 10.8. The molecule has 118 valence electrons. The highest BCUT2D eigenvalue weighted by Crippen LogP contribution is 2.24. The van der Waals surface area contributed by atoms with E-state index >= 15 is 0 Å². The lowest BCUT2D eigenvalue weighted by atomic mass is 10.1. The van der Waals surface area contributed by atoms with Gasteiger partial charge < -0.3 is 10.0 Å². The molecule has 0 unspecified atom stereocenters. The smallest absolute Gasteiger partial charge is 0.262 e. The first kappa shape index (κ1) is 16.2. The fourth-order valence-corrected chi connectivity index (χ4v) is 1.97. The molecule has 0 bridgehead atoms. The maximum absolute atomic E-state index is 12.1. The van der Waals surface area contributed by atoms with Crippen LogP contribution in [-0.4, -0.2) is 24.8 Å². The summed E-state index contributed by atoms with van der Waals surface area (Å²) in [7, 11) is 3.81. The van der Waals surface area contributed by atoms with Gasteiger partial charge in [0.05, 0.1) is 4.92 Å². The molecule has 0 aliphatic carbocycles. The van der Waals surface area contributed by atoms with Gasteiger partial charge in [0.15, 0.2) is 5.78 Å². The Morgan fingerprint density at radius 2 is 1.78 bits per heavy atom. The van der Waals surface area contributed by atoms with Crippen molar-refractivity contribution in [2.24, 2.45) is 0 Å². The van der Waals surface area contributed by atoms with Gasteiger partial charge in [-0.3, -0.25) is 14.9 Å². The third-order valence-corrected chi connectivity index (χ3v) is 3.28. The highest BCUT2D eigenvalue weighted by Gasteiger charge is 2.07. The molecule has 0 amide bonds. The Hall–Kier alpha value is -3.15. The molecular formula is C17H15N2O4-. The van der Waals surface area contributed by atoms with E-state index in [-0.39, 0.29) is 5.78 Å². The second kappa shape index (κ2) is 6.74. The minimum Gasteiger partial charge on any atom is -0.868 e. The van der Waals surface area contributed by atoms with Crippen LogP contribution in [0, 0.1) is 10.1 Å². The van der Waals surface area contributed by atoms with Crippen molar-refractivity contribution in [2.75, 3.05) is 19.0 Å². The monoisotopic (exact) mass is 311 g/mol. The number of ketones is 1. The lowest BCUT2D eigenvalue weighted by Crippen LogP contribution is -2.08. The molecule has 0 heterocycles. The summed E-state index contributed by atoms with van der Waals surface area (Å²) in [5, 5.41) is 22.1. The second-order valence-corrected chi connectivity index (χ2v) is 5.12. The van der Waals surface area contributed by atoms with Gasteiger partial charge in [0.25, 0.3) is 5.69 Å². The molecule has 2 aromatic rings. The van der Waals surface area contributed by atoms with E-state index in [0.717, 1.165) is 17.8 Å². The Balaban J connectivity index is 2.18. The third kappa shape index (κ3) is 3.94. The van der Waals surface area contributed by atoms with E-state index in [1.54, 1.807) is 12.1 Å². The largest absolute Gasteiger partial charge is 0.868 e. The molecule has 0 fully saturated rings. The number of nitro benzene ring substituents is 1. The number of anilines is 1. The van der Waals surface area contributed by atoms with Crippen molar-refractivity contribution in [2.45, 2.75) is 0 Å². The standard InChI is InChI=1S/C17H16N2O4/c1-18(2)14-7-5-13(6-8-14)16(20)9-3-12-4-10-17(21)15(11-12)19(22)23/h3-11,21H,1-2H3/p-1/b9-3+. The van der Waals surface area contributed by atoms with Gasteiger partial charge in [-0.2, -0.15) is 0 Å². The van der Waals surface area contributed by atoms with Crippen LogP contribution in [-0.2, 0) is 0 Å². The van der Waals surface area contributed by atoms with Crippen molar-refractivity contribution in [1.82, 2.24) is 0 Å². The SMILES string of the molecule is CN(C)c1ccc(C(=O)/C=C/c2ccc([O-])c([N+](=O)[O-])c2)cc1. The Morgan fingerprint density at radius 1 is 1.13 bits per heavy atom. The number of carbonyl (C=O) groups excluding carboxylic acids is 1. The minimum atomic E-state index is -0.735. The van der Waals surface area contributed by atoms with Gasteiger partial charge in [-0.25, -0.2) is 0 Å². The summed E-state index contributed by atoms with van der Waals surface area (Å²) in [5.74, 6) is -0.873. The van der Waals surface area contributed by atoms with Crippen LogP contribution < -0.4 is 10.0 Å². The van der Waals surface area contributed by atoms with E-state index in [0.29, 0.717) is 11.1 Å². The van der Waals surface area contributed by atoms with Crippen molar-refractivity contribution in [3.63, 3.8) is 0 Å². The molecule has 0 aromatic heterocycles. The molecule has 0 saturated carbocycles. The van der Waals surface area contributed by atoms with E-state index in [4.69, 9.17) is 0 Å². The lowest BCUT2D eigenvalue weighted by molar-refractivity contribution is -0.398. The first-order valence-electron chi connectivity index (χ1n) is 6.84. The highest BCUT2D eigenvalue weighted by molar-refractivity contribution is 6.07. The summed E-state index contributed by atoms with van der Waals surface area (Å²) in [5.41, 5.74) is 1.42. The maximum atomic E-state index is 12.1. The molecule has 6 nitrogen and oxygen atoms in total. The molecule has 0 spiro atoms. The van der Waals surface area contributed by atoms with E-state index in [2.05, 4.69) is 0 Å². The average Bonchev–Trinajstić information content (AvgIpc) is 2.53. The van der Waals surface area contributed by atoms with Gasteiger partial charge in [-0.1, -0.05) is 18.2 Å². The minimum absolute atomic E-state index is 0.218. The summed E-state index contributed by atoms with van der Waals surface area (Å²) in [6.07, 6.45) is 2.78. The molecule has 0 aliphatic rings. The quantitative estimate of drug-likeness (QED) is 0.367. The topological polar surface area (TPSA) is 86.5 Å². The van der Waals surface area contributed by atoms with Gasteiger partial charge >= 0.3 is 0 Å². The number of hydrogen-bond acceptors (Lipinski definition) is 5. The molecule has 23 heavy (non-hydrogen) atoms. The first-order valence-corrected chi connectivity index (χ1v) is 6.84. The van der Waals surface area contributed by atoms with Crippen molar-refractivity contribution >= 4 is 23.2 Å². The van der Waals surface area contributed by atoms with E-state index in [1.165, 1.54) is 18.2 Å². The number of hydrogen-bond donors (Lipinski definition) is 0. The van der Waals surface area contributed by atoms with Crippen molar-refractivity contribution in [1.29, 1.82) is 0 Å². The normalized spacial score (nSPS) is 10.7.